The van der Waals surface area contributed by atoms with Gasteiger partial charge in [-0.05, 0) is 35.2 Å². The highest BCUT2D eigenvalue weighted by Gasteiger charge is 2.51. The molecule has 2 saturated heterocycles. The average Bonchev–Trinajstić information content (AvgIpc) is 3.23. The lowest BCUT2D eigenvalue weighted by Crippen LogP contribution is -2.39. The zero-order chi connectivity index (χ0) is 17.4. The highest BCUT2D eigenvalue weighted by atomic mass is 16.5. The molecular weight excluding hydrogens is 314 g/mol. The zero-order valence-corrected chi connectivity index (χ0v) is 14.5. The van der Waals surface area contributed by atoms with E-state index < -0.39 is 0 Å². The van der Waals surface area contributed by atoms with Crippen LogP contribution < -0.4 is 20.9 Å². The zero-order valence-electron chi connectivity index (χ0n) is 14.5. The maximum atomic E-state index is 12.4. The summed E-state index contributed by atoms with van der Waals surface area (Å²) in [6, 6.07) is 16.4. The number of methoxy groups -OCH3 is 1. The van der Waals surface area contributed by atoms with E-state index in [1.807, 2.05) is 12.1 Å². The number of carbonyl (C=O) groups is 1. The summed E-state index contributed by atoms with van der Waals surface area (Å²) < 4.78 is 5.25. The van der Waals surface area contributed by atoms with E-state index in [0.29, 0.717) is 0 Å². The van der Waals surface area contributed by atoms with Crippen LogP contribution >= 0.6 is 0 Å². The molecular formula is C20H23N3O2. The van der Waals surface area contributed by atoms with Crippen LogP contribution in [-0.4, -0.2) is 19.1 Å². The third-order valence-corrected chi connectivity index (χ3v) is 5.35. The normalized spacial score (nSPS) is 27.8. The van der Waals surface area contributed by atoms with E-state index >= 15 is 0 Å². The second-order valence-corrected chi connectivity index (χ2v) is 6.68. The fourth-order valence-corrected chi connectivity index (χ4v) is 3.91. The molecule has 0 radical (unpaired) electrons. The van der Waals surface area contributed by atoms with Crippen molar-refractivity contribution >= 4 is 5.91 Å². The minimum atomic E-state index is -0.219. The second kappa shape index (κ2) is 6.50. The van der Waals surface area contributed by atoms with Crippen LogP contribution in [0.5, 0.6) is 5.75 Å². The Morgan fingerprint density at radius 2 is 1.48 bits per heavy atom. The van der Waals surface area contributed by atoms with Gasteiger partial charge in [-0.3, -0.25) is 4.79 Å². The smallest absolute Gasteiger partial charge is 0.239 e. The van der Waals surface area contributed by atoms with E-state index in [9.17, 15) is 4.79 Å². The molecule has 2 aliphatic heterocycles. The number of rotatable bonds is 4. The van der Waals surface area contributed by atoms with E-state index in [0.717, 1.165) is 23.3 Å². The van der Waals surface area contributed by atoms with Crippen LogP contribution in [0, 0.1) is 5.92 Å². The Morgan fingerprint density at radius 1 is 0.880 bits per heavy atom. The molecule has 0 saturated carbocycles. The van der Waals surface area contributed by atoms with Gasteiger partial charge in [0.15, 0.2) is 0 Å². The summed E-state index contributed by atoms with van der Waals surface area (Å²) in [7, 11) is 1.66. The van der Waals surface area contributed by atoms with E-state index in [1.165, 1.54) is 5.56 Å². The lowest BCUT2D eigenvalue weighted by molar-refractivity contribution is -0.121. The lowest BCUT2D eigenvalue weighted by Gasteiger charge is -2.24. The first-order valence-corrected chi connectivity index (χ1v) is 8.75. The number of nitrogens with one attached hydrogen (secondary N) is 3. The lowest BCUT2D eigenvalue weighted by atomic mass is 9.83. The number of aryl methyl sites for hydroxylation is 1. The average molecular weight is 337 g/mol. The highest BCUT2D eigenvalue weighted by molar-refractivity contribution is 5.86. The predicted molar refractivity (Wildman–Crippen MR) is 96.0 cm³/mol. The summed E-state index contributed by atoms with van der Waals surface area (Å²) in [5.41, 5.74) is 10.1. The Kier molecular flexibility index (Phi) is 4.19. The molecule has 1 amide bonds. The van der Waals surface area contributed by atoms with E-state index in [-0.39, 0.29) is 30.0 Å². The molecule has 130 valence electrons. The molecule has 0 spiro atoms. The summed E-state index contributed by atoms with van der Waals surface area (Å²) in [5, 5.41) is 3.17. The standard InChI is InChI=1S/C20H23N3O2/c1-3-12-4-6-13(7-5-12)17-16-18(22-23-19(16)20(24)21-17)14-8-10-15(25-2)11-9-14/h4-11,16-19,22-23H,3H2,1-2H3,(H,21,24). The third kappa shape index (κ3) is 2.79. The fraction of sp³-hybridized carbons (Fsp3) is 0.350. The molecule has 25 heavy (non-hydrogen) atoms. The fourth-order valence-electron chi connectivity index (χ4n) is 3.91. The summed E-state index contributed by atoms with van der Waals surface area (Å²) in [6.45, 7) is 2.15. The van der Waals surface area contributed by atoms with Crippen molar-refractivity contribution in [3.63, 3.8) is 0 Å². The van der Waals surface area contributed by atoms with Gasteiger partial charge in [-0.1, -0.05) is 43.3 Å². The molecule has 4 rings (SSSR count). The SMILES string of the molecule is CCc1ccc(C2NC(=O)C3NNC(c4ccc(OC)cc4)C32)cc1. The van der Waals surface area contributed by atoms with Gasteiger partial charge in [0, 0.05) is 5.92 Å². The number of hydrazine groups is 1. The van der Waals surface area contributed by atoms with Crippen molar-refractivity contribution in [3.8, 4) is 5.75 Å². The third-order valence-electron chi connectivity index (χ3n) is 5.35. The van der Waals surface area contributed by atoms with Crippen molar-refractivity contribution in [2.24, 2.45) is 5.92 Å². The predicted octanol–water partition coefficient (Wildman–Crippen LogP) is 2.26. The maximum absolute atomic E-state index is 12.4. The van der Waals surface area contributed by atoms with Gasteiger partial charge in [0.25, 0.3) is 0 Å². The van der Waals surface area contributed by atoms with Gasteiger partial charge < -0.3 is 10.1 Å². The van der Waals surface area contributed by atoms with Crippen LogP contribution in [0.25, 0.3) is 0 Å². The molecule has 3 N–H and O–H groups in total. The summed E-state index contributed by atoms with van der Waals surface area (Å²) >= 11 is 0. The highest BCUT2D eigenvalue weighted by Crippen LogP contribution is 2.42. The largest absolute Gasteiger partial charge is 0.497 e. The van der Waals surface area contributed by atoms with Crippen molar-refractivity contribution in [1.82, 2.24) is 16.2 Å². The van der Waals surface area contributed by atoms with Gasteiger partial charge in [0.2, 0.25) is 5.91 Å². The first-order chi connectivity index (χ1) is 12.2. The number of benzene rings is 2. The Balaban J connectivity index is 1.65. The van der Waals surface area contributed by atoms with E-state index in [2.05, 4.69) is 59.5 Å². The van der Waals surface area contributed by atoms with E-state index in [1.54, 1.807) is 7.11 Å². The van der Waals surface area contributed by atoms with Gasteiger partial charge in [0.05, 0.1) is 19.2 Å². The van der Waals surface area contributed by atoms with Crippen molar-refractivity contribution < 1.29 is 9.53 Å². The number of carbonyl (C=O) groups excluding carboxylic acids is 1. The maximum Gasteiger partial charge on any atom is 0.239 e. The van der Waals surface area contributed by atoms with Gasteiger partial charge in [-0.15, -0.1) is 0 Å². The molecule has 2 aromatic carbocycles. The van der Waals surface area contributed by atoms with Crippen LogP contribution in [0.4, 0.5) is 0 Å². The van der Waals surface area contributed by atoms with Crippen LogP contribution in [-0.2, 0) is 11.2 Å². The number of amides is 1. The van der Waals surface area contributed by atoms with Crippen molar-refractivity contribution in [2.75, 3.05) is 7.11 Å². The van der Waals surface area contributed by atoms with Crippen molar-refractivity contribution in [1.29, 1.82) is 0 Å². The topological polar surface area (TPSA) is 62.4 Å². The summed E-state index contributed by atoms with van der Waals surface area (Å²) in [4.78, 5) is 12.4. The minimum absolute atomic E-state index is 0.00184. The monoisotopic (exact) mass is 337 g/mol. The molecule has 2 aliphatic rings. The number of hydrogen-bond acceptors (Lipinski definition) is 4. The molecule has 5 nitrogen and oxygen atoms in total. The number of hydrogen-bond donors (Lipinski definition) is 3. The van der Waals surface area contributed by atoms with Crippen LogP contribution in [0.3, 0.4) is 0 Å². The van der Waals surface area contributed by atoms with Crippen LogP contribution in [0.1, 0.15) is 35.7 Å². The Hall–Kier alpha value is -2.37. The van der Waals surface area contributed by atoms with Gasteiger partial charge in [0.1, 0.15) is 11.8 Å². The molecule has 2 aromatic rings. The van der Waals surface area contributed by atoms with Gasteiger partial charge in [-0.25, -0.2) is 10.9 Å². The molecule has 2 heterocycles. The van der Waals surface area contributed by atoms with Gasteiger partial charge in [-0.2, -0.15) is 0 Å². The number of ether oxygens (including phenoxy) is 1. The molecule has 4 atom stereocenters. The molecule has 0 aliphatic carbocycles. The van der Waals surface area contributed by atoms with Crippen LogP contribution in [0.15, 0.2) is 48.5 Å². The molecule has 0 aromatic heterocycles. The molecule has 4 unspecified atom stereocenters. The number of fused-ring (bicyclic) bond motifs is 1. The minimum Gasteiger partial charge on any atom is -0.497 e. The van der Waals surface area contributed by atoms with Crippen molar-refractivity contribution in [3.05, 3.63) is 65.2 Å². The second-order valence-electron chi connectivity index (χ2n) is 6.68. The molecule has 2 fully saturated rings. The molecule has 5 heteroatoms. The Labute approximate surface area is 147 Å². The summed E-state index contributed by atoms with van der Waals surface area (Å²) in [6.07, 6.45) is 1.01. The first-order valence-electron chi connectivity index (χ1n) is 8.75. The quantitative estimate of drug-likeness (QED) is 0.801. The molecule has 0 bridgehead atoms. The van der Waals surface area contributed by atoms with E-state index in [4.69, 9.17) is 4.74 Å². The van der Waals surface area contributed by atoms with Gasteiger partial charge >= 0.3 is 0 Å². The Bertz CT molecular complexity index is 758. The Morgan fingerprint density at radius 3 is 2.12 bits per heavy atom. The summed E-state index contributed by atoms with van der Waals surface area (Å²) in [5.74, 6) is 1.00. The first kappa shape index (κ1) is 16.1. The van der Waals surface area contributed by atoms with Crippen molar-refractivity contribution in [2.45, 2.75) is 31.5 Å². The van der Waals surface area contributed by atoms with Crippen LogP contribution in [0.2, 0.25) is 0 Å².